The summed E-state index contributed by atoms with van der Waals surface area (Å²) in [5, 5.41) is 7.96. The fourth-order valence-electron chi connectivity index (χ4n) is 1.85. The molecule has 0 aromatic carbocycles. The van der Waals surface area contributed by atoms with Crippen molar-refractivity contribution in [3.63, 3.8) is 0 Å². The molecule has 0 radical (unpaired) electrons. The molecule has 1 nitrogen and oxygen atoms in total. The summed E-state index contributed by atoms with van der Waals surface area (Å²) in [4.78, 5) is 1.42. The first kappa shape index (κ1) is 13.3. The van der Waals surface area contributed by atoms with Crippen molar-refractivity contribution in [2.45, 2.75) is 25.8 Å². The van der Waals surface area contributed by atoms with Crippen LogP contribution in [0.4, 0.5) is 0 Å². The van der Waals surface area contributed by atoms with E-state index in [0.717, 1.165) is 19.4 Å². The van der Waals surface area contributed by atoms with Crippen LogP contribution in [0.2, 0.25) is 0 Å². The van der Waals surface area contributed by atoms with E-state index in [1.54, 1.807) is 11.3 Å². The van der Waals surface area contributed by atoms with Crippen LogP contribution in [0.3, 0.4) is 0 Å². The molecular formula is C13H16BrNS2. The molecule has 0 saturated heterocycles. The lowest BCUT2D eigenvalue weighted by molar-refractivity contribution is 0.523. The van der Waals surface area contributed by atoms with E-state index in [4.69, 9.17) is 0 Å². The minimum atomic E-state index is 0.483. The fraction of sp³-hybridized carbons (Fsp3) is 0.385. The standard InChI is InChI=1S/C13H16BrNS2/c1-2-15-11(12-5-6-13(14)17-12)4-3-10-7-8-16-9-10/h5-9,11,15H,2-4H2,1H3. The molecule has 4 heteroatoms. The first-order valence-corrected chi connectivity index (χ1v) is 8.34. The third kappa shape index (κ3) is 3.91. The molecule has 2 aromatic heterocycles. The van der Waals surface area contributed by atoms with Gasteiger partial charge in [0.25, 0.3) is 0 Å². The van der Waals surface area contributed by atoms with Gasteiger partial charge in [0, 0.05) is 10.9 Å². The van der Waals surface area contributed by atoms with E-state index in [2.05, 4.69) is 57.1 Å². The summed E-state index contributed by atoms with van der Waals surface area (Å²) in [5.74, 6) is 0. The predicted octanol–water partition coefficient (Wildman–Crippen LogP) is 4.86. The van der Waals surface area contributed by atoms with Crippen molar-refractivity contribution in [1.29, 1.82) is 0 Å². The Morgan fingerprint density at radius 1 is 1.35 bits per heavy atom. The zero-order valence-electron chi connectivity index (χ0n) is 9.78. The van der Waals surface area contributed by atoms with E-state index < -0.39 is 0 Å². The fourth-order valence-corrected chi connectivity index (χ4v) is 4.09. The number of rotatable bonds is 6. The van der Waals surface area contributed by atoms with Crippen molar-refractivity contribution in [2.24, 2.45) is 0 Å². The normalized spacial score (nSPS) is 12.8. The topological polar surface area (TPSA) is 12.0 Å². The lowest BCUT2D eigenvalue weighted by atomic mass is 10.1. The Morgan fingerprint density at radius 3 is 2.82 bits per heavy atom. The summed E-state index contributed by atoms with van der Waals surface area (Å²) < 4.78 is 1.21. The van der Waals surface area contributed by atoms with Gasteiger partial charge in [0.1, 0.15) is 0 Å². The molecule has 2 heterocycles. The van der Waals surface area contributed by atoms with Crippen LogP contribution >= 0.6 is 38.6 Å². The largest absolute Gasteiger partial charge is 0.310 e. The summed E-state index contributed by atoms with van der Waals surface area (Å²) >= 11 is 7.14. The number of halogens is 1. The quantitative estimate of drug-likeness (QED) is 0.798. The molecule has 0 bridgehead atoms. The van der Waals surface area contributed by atoms with Crippen LogP contribution in [0, 0.1) is 0 Å². The van der Waals surface area contributed by atoms with Crippen LogP contribution < -0.4 is 5.32 Å². The SMILES string of the molecule is CCNC(CCc1ccsc1)c1ccc(Br)s1. The summed E-state index contributed by atoms with van der Waals surface area (Å²) in [7, 11) is 0. The average molecular weight is 330 g/mol. The van der Waals surface area contributed by atoms with E-state index in [1.807, 2.05) is 11.3 Å². The molecule has 2 rings (SSSR count). The van der Waals surface area contributed by atoms with E-state index in [-0.39, 0.29) is 0 Å². The molecule has 0 spiro atoms. The van der Waals surface area contributed by atoms with Crippen LogP contribution in [0.15, 0.2) is 32.7 Å². The second-order valence-electron chi connectivity index (χ2n) is 3.92. The second-order valence-corrected chi connectivity index (χ2v) is 7.20. The van der Waals surface area contributed by atoms with Gasteiger partial charge in [-0.15, -0.1) is 11.3 Å². The van der Waals surface area contributed by atoms with Crippen molar-refractivity contribution in [3.8, 4) is 0 Å². The van der Waals surface area contributed by atoms with Crippen LogP contribution in [0.5, 0.6) is 0 Å². The van der Waals surface area contributed by atoms with Crippen LogP contribution in [-0.4, -0.2) is 6.54 Å². The van der Waals surface area contributed by atoms with Crippen molar-refractivity contribution in [2.75, 3.05) is 6.54 Å². The van der Waals surface area contributed by atoms with Crippen LogP contribution in [0.1, 0.15) is 29.8 Å². The third-order valence-electron chi connectivity index (χ3n) is 2.69. The maximum absolute atomic E-state index is 3.57. The van der Waals surface area contributed by atoms with Gasteiger partial charge in [-0.25, -0.2) is 0 Å². The van der Waals surface area contributed by atoms with Gasteiger partial charge in [-0.1, -0.05) is 6.92 Å². The molecule has 0 aliphatic carbocycles. The van der Waals surface area contributed by atoms with Gasteiger partial charge in [-0.3, -0.25) is 0 Å². The zero-order valence-corrected chi connectivity index (χ0v) is 13.0. The number of thiophene rings is 2. The van der Waals surface area contributed by atoms with E-state index in [0.29, 0.717) is 6.04 Å². The maximum Gasteiger partial charge on any atom is 0.0701 e. The Hall–Kier alpha value is -0.160. The molecule has 0 saturated carbocycles. The molecule has 0 amide bonds. The highest BCUT2D eigenvalue weighted by Crippen LogP contribution is 2.29. The lowest BCUT2D eigenvalue weighted by Gasteiger charge is -2.15. The smallest absolute Gasteiger partial charge is 0.0701 e. The minimum absolute atomic E-state index is 0.483. The lowest BCUT2D eigenvalue weighted by Crippen LogP contribution is -2.20. The zero-order chi connectivity index (χ0) is 12.1. The third-order valence-corrected chi connectivity index (χ3v) is 5.16. The molecular weight excluding hydrogens is 314 g/mol. The Morgan fingerprint density at radius 2 is 2.24 bits per heavy atom. The van der Waals surface area contributed by atoms with Gasteiger partial charge in [-0.05, 0) is 69.8 Å². The first-order valence-electron chi connectivity index (χ1n) is 5.79. The Bertz CT molecular complexity index is 436. The summed E-state index contributed by atoms with van der Waals surface area (Å²) in [6.45, 7) is 3.18. The number of aryl methyl sites for hydroxylation is 1. The van der Waals surface area contributed by atoms with Crippen molar-refractivity contribution in [3.05, 3.63) is 43.2 Å². The van der Waals surface area contributed by atoms with Crippen LogP contribution in [-0.2, 0) is 6.42 Å². The molecule has 2 aromatic rings. The second kappa shape index (κ2) is 6.69. The van der Waals surface area contributed by atoms with Gasteiger partial charge in [0.2, 0.25) is 0 Å². The van der Waals surface area contributed by atoms with Crippen LogP contribution in [0.25, 0.3) is 0 Å². The number of hydrogen-bond donors (Lipinski definition) is 1. The number of hydrogen-bond acceptors (Lipinski definition) is 3. The highest BCUT2D eigenvalue weighted by molar-refractivity contribution is 9.11. The highest BCUT2D eigenvalue weighted by Gasteiger charge is 2.12. The Labute approximate surface area is 119 Å². The minimum Gasteiger partial charge on any atom is -0.310 e. The molecule has 1 N–H and O–H groups in total. The highest BCUT2D eigenvalue weighted by atomic mass is 79.9. The summed E-state index contributed by atoms with van der Waals surface area (Å²) in [6, 6.07) is 7.05. The van der Waals surface area contributed by atoms with Gasteiger partial charge < -0.3 is 5.32 Å². The van der Waals surface area contributed by atoms with Crippen molar-refractivity contribution in [1.82, 2.24) is 5.32 Å². The maximum atomic E-state index is 3.57. The molecule has 1 unspecified atom stereocenters. The molecule has 17 heavy (non-hydrogen) atoms. The average Bonchev–Trinajstić information content (AvgIpc) is 2.95. The first-order chi connectivity index (χ1) is 8.29. The summed E-state index contributed by atoms with van der Waals surface area (Å²) in [5.41, 5.74) is 1.45. The van der Waals surface area contributed by atoms with Gasteiger partial charge in [0.15, 0.2) is 0 Å². The van der Waals surface area contributed by atoms with E-state index in [1.165, 1.54) is 14.2 Å². The molecule has 0 aliphatic rings. The van der Waals surface area contributed by atoms with Gasteiger partial charge in [0.05, 0.1) is 3.79 Å². The van der Waals surface area contributed by atoms with Crippen molar-refractivity contribution >= 4 is 38.6 Å². The molecule has 0 fully saturated rings. The molecule has 0 aliphatic heterocycles. The number of nitrogens with one attached hydrogen (secondary N) is 1. The van der Waals surface area contributed by atoms with Crippen molar-refractivity contribution < 1.29 is 0 Å². The van der Waals surface area contributed by atoms with Gasteiger partial charge >= 0.3 is 0 Å². The molecule has 1 atom stereocenters. The van der Waals surface area contributed by atoms with E-state index >= 15 is 0 Å². The summed E-state index contributed by atoms with van der Waals surface area (Å²) in [6.07, 6.45) is 2.31. The Kier molecular flexibility index (Phi) is 5.22. The van der Waals surface area contributed by atoms with E-state index in [9.17, 15) is 0 Å². The Balaban J connectivity index is 1.97. The monoisotopic (exact) mass is 329 g/mol. The predicted molar refractivity (Wildman–Crippen MR) is 81.1 cm³/mol. The molecule has 92 valence electrons. The van der Waals surface area contributed by atoms with Gasteiger partial charge in [-0.2, -0.15) is 11.3 Å².